The number of amides is 1. The molecule has 4 N–H and O–H groups in total. The van der Waals surface area contributed by atoms with Gasteiger partial charge in [0.05, 0.1) is 5.69 Å². The van der Waals surface area contributed by atoms with Crippen LogP contribution in [0.4, 0.5) is 5.82 Å². The van der Waals surface area contributed by atoms with Crippen LogP contribution in [0, 0.1) is 13.8 Å². The third-order valence-electron chi connectivity index (χ3n) is 2.59. The Labute approximate surface area is 98.0 Å². The molecule has 0 atom stereocenters. The lowest BCUT2D eigenvalue weighted by atomic mass is 10.2. The fourth-order valence-electron chi connectivity index (χ4n) is 1.78. The van der Waals surface area contributed by atoms with Crippen molar-refractivity contribution in [2.45, 2.75) is 13.8 Å². The molecule has 0 spiro atoms. The van der Waals surface area contributed by atoms with Crippen molar-refractivity contribution in [1.82, 2.24) is 19.6 Å². The van der Waals surface area contributed by atoms with E-state index in [2.05, 4.69) is 10.2 Å². The minimum Gasteiger partial charge on any atom is -0.382 e. The fourth-order valence-corrected chi connectivity index (χ4v) is 1.78. The van der Waals surface area contributed by atoms with E-state index < -0.39 is 5.91 Å². The number of nitrogen functional groups attached to an aromatic ring is 1. The summed E-state index contributed by atoms with van der Waals surface area (Å²) in [5.41, 5.74) is 12.8. The summed E-state index contributed by atoms with van der Waals surface area (Å²) in [6.07, 6.45) is 1.73. The van der Waals surface area contributed by atoms with E-state index in [1.807, 2.05) is 6.92 Å². The Morgan fingerprint density at radius 2 is 2.00 bits per heavy atom. The average Bonchev–Trinajstić information content (AvgIpc) is 2.68. The van der Waals surface area contributed by atoms with Crippen LogP contribution in [0.15, 0.2) is 6.20 Å². The van der Waals surface area contributed by atoms with Crippen molar-refractivity contribution in [3.8, 4) is 5.82 Å². The SMILES string of the molecule is Cc1cn(-c2c(C(N)=O)c(C)nn2C)nc1N. The van der Waals surface area contributed by atoms with Crippen LogP contribution in [0.2, 0.25) is 0 Å². The highest BCUT2D eigenvalue weighted by molar-refractivity contribution is 5.97. The van der Waals surface area contributed by atoms with E-state index in [0.717, 1.165) is 5.56 Å². The zero-order valence-corrected chi connectivity index (χ0v) is 9.93. The van der Waals surface area contributed by atoms with Crippen molar-refractivity contribution < 1.29 is 4.79 Å². The summed E-state index contributed by atoms with van der Waals surface area (Å²) < 4.78 is 3.08. The van der Waals surface area contributed by atoms with Crippen LogP contribution in [0.1, 0.15) is 21.6 Å². The molecule has 0 fully saturated rings. The molecular weight excluding hydrogens is 220 g/mol. The molecule has 0 unspecified atom stereocenters. The fraction of sp³-hybridized carbons (Fsp3) is 0.300. The molecule has 1 amide bonds. The van der Waals surface area contributed by atoms with Crippen molar-refractivity contribution in [3.05, 3.63) is 23.0 Å². The van der Waals surface area contributed by atoms with Gasteiger partial charge < -0.3 is 11.5 Å². The summed E-state index contributed by atoms with van der Waals surface area (Å²) >= 11 is 0. The maximum atomic E-state index is 11.4. The number of carbonyl (C=O) groups is 1. The number of hydrogen-bond acceptors (Lipinski definition) is 4. The van der Waals surface area contributed by atoms with Gasteiger partial charge in [-0.3, -0.25) is 4.79 Å². The number of aromatic nitrogens is 4. The first-order valence-corrected chi connectivity index (χ1v) is 5.07. The second kappa shape index (κ2) is 3.62. The summed E-state index contributed by atoms with van der Waals surface area (Å²) in [6, 6.07) is 0. The quantitative estimate of drug-likeness (QED) is 0.757. The maximum absolute atomic E-state index is 11.4. The van der Waals surface area contributed by atoms with Crippen molar-refractivity contribution in [1.29, 1.82) is 0 Å². The summed E-state index contributed by atoms with van der Waals surface area (Å²) in [5, 5.41) is 8.29. The van der Waals surface area contributed by atoms with E-state index in [4.69, 9.17) is 11.5 Å². The highest BCUT2D eigenvalue weighted by Gasteiger charge is 2.20. The first-order chi connectivity index (χ1) is 7.91. The highest BCUT2D eigenvalue weighted by atomic mass is 16.1. The van der Waals surface area contributed by atoms with Crippen LogP contribution in [0.25, 0.3) is 5.82 Å². The molecule has 2 aromatic rings. The lowest BCUT2D eigenvalue weighted by Crippen LogP contribution is -2.16. The van der Waals surface area contributed by atoms with Gasteiger partial charge in [0.15, 0.2) is 5.82 Å². The predicted molar refractivity (Wildman–Crippen MR) is 62.7 cm³/mol. The zero-order valence-electron chi connectivity index (χ0n) is 9.93. The smallest absolute Gasteiger partial charge is 0.254 e. The minimum absolute atomic E-state index is 0.356. The van der Waals surface area contributed by atoms with E-state index in [1.165, 1.54) is 4.68 Å². The van der Waals surface area contributed by atoms with Gasteiger partial charge >= 0.3 is 0 Å². The Morgan fingerprint density at radius 3 is 2.47 bits per heavy atom. The van der Waals surface area contributed by atoms with E-state index in [0.29, 0.717) is 22.9 Å². The number of hydrogen-bond donors (Lipinski definition) is 2. The third kappa shape index (κ3) is 1.65. The van der Waals surface area contributed by atoms with Crippen LogP contribution in [-0.4, -0.2) is 25.5 Å². The summed E-state index contributed by atoms with van der Waals surface area (Å²) in [7, 11) is 1.72. The van der Waals surface area contributed by atoms with Crippen molar-refractivity contribution in [2.24, 2.45) is 12.8 Å². The molecular formula is C10H14N6O. The largest absolute Gasteiger partial charge is 0.382 e. The number of primary amides is 1. The molecule has 7 heteroatoms. The molecule has 0 saturated carbocycles. The Morgan fingerprint density at radius 1 is 1.35 bits per heavy atom. The van der Waals surface area contributed by atoms with E-state index >= 15 is 0 Å². The molecule has 0 aliphatic heterocycles. The average molecular weight is 234 g/mol. The van der Waals surface area contributed by atoms with Gasteiger partial charge in [-0.25, -0.2) is 9.36 Å². The van der Waals surface area contributed by atoms with Gasteiger partial charge in [0.25, 0.3) is 5.91 Å². The standard InChI is InChI=1S/C10H14N6O/c1-5-4-16(14-8(5)11)10-7(9(12)17)6(2)13-15(10)3/h4H,1-3H3,(H2,11,14)(H2,12,17). The van der Waals surface area contributed by atoms with Crippen LogP contribution in [-0.2, 0) is 7.05 Å². The van der Waals surface area contributed by atoms with Gasteiger partial charge in [-0.1, -0.05) is 0 Å². The Kier molecular flexibility index (Phi) is 2.38. The number of nitrogens with two attached hydrogens (primary N) is 2. The topological polar surface area (TPSA) is 105 Å². The third-order valence-corrected chi connectivity index (χ3v) is 2.59. The van der Waals surface area contributed by atoms with E-state index in [9.17, 15) is 4.79 Å². The predicted octanol–water partition coefficient (Wildman–Crippen LogP) is -0.0963. The maximum Gasteiger partial charge on any atom is 0.254 e. The molecule has 0 saturated heterocycles. The van der Waals surface area contributed by atoms with Crippen LogP contribution in [0.3, 0.4) is 0 Å². The van der Waals surface area contributed by atoms with Crippen LogP contribution >= 0.6 is 0 Å². The number of rotatable bonds is 2. The molecule has 0 aliphatic rings. The molecule has 90 valence electrons. The first-order valence-electron chi connectivity index (χ1n) is 5.07. The van der Waals surface area contributed by atoms with Crippen LogP contribution < -0.4 is 11.5 Å². The van der Waals surface area contributed by atoms with Crippen molar-refractivity contribution in [3.63, 3.8) is 0 Å². The number of aryl methyl sites for hydroxylation is 3. The number of nitrogens with zero attached hydrogens (tertiary/aromatic N) is 4. The molecule has 0 bridgehead atoms. The summed E-state index contributed by atoms with van der Waals surface area (Å²) in [6.45, 7) is 3.56. The molecule has 17 heavy (non-hydrogen) atoms. The van der Waals surface area contributed by atoms with E-state index in [-0.39, 0.29) is 0 Å². The number of carbonyl (C=O) groups excluding carboxylic acids is 1. The lowest BCUT2D eigenvalue weighted by molar-refractivity contribution is 0.0999. The molecule has 2 rings (SSSR count). The summed E-state index contributed by atoms with van der Waals surface area (Å²) in [5.74, 6) is 0.409. The van der Waals surface area contributed by atoms with E-state index in [1.54, 1.807) is 24.9 Å². The van der Waals surface area contributed by atoms with Gasteiger partial charge in [0.1, 0.15) is 11.4 Å². The van der Waals surface area contributed by atoms with Crippen molar-refractivity contribution in [2.75, 3.05) is 5.73 Å². The Hall–Kier alpha value is -2.31. The zero-order chi connectivity index (χ0) is 12.7. The van der Waals surface area contributed by atoms with Gasteiger partial charge in [-0.05, 0) is 13.8 Å². The minimum atomic E-state index is -0.530. The monoisotopic (exact) mass is 234 g/mol. The first kappa shape index (κ1) is 11.2. The van der Waals surface area contributed by atoms with Gasteiger partial charge in [-0.15, -0.1) is 5.10 Å². The highest BCUT2D eigenvalue weighted by Crippen LogP contribution is 2.19. The normalized spacial score (nSPS) is 10.8. The van der Waals surface area contributed by atoms with Gasteiger partial charge in [0.2, 0.25) is 0 Å². The molecule has 0 aliphatic carbocycles. The second-order valence-corrected chi connectivity index (χ2v) is 3.91. The van der Waals surface area contributed by atoms with Crippen LogP contribution in [0.5, 0.6) is 0 Å². The van der Waals surface area contributed by atoms with Gasteiger partial charge in [0, 0.05) is 18.8 Å². The van der Waals surface area contributed by atoms with Gasteiger partial charge in [-0.2, -0.15) is 5.10 Å². The Balaban J connectivity index is 2.70. The molecule has 0 aromatic carbocycles. The molecule has 2 heterocycles. The van der Waals surface area contributed by atoms with Crippen molar-refractivity contribution >= 4 is 11.7 Å². The lowest BCUT2D eigenvalue weighted by Gasteiger charge is -2.03. The second-order valence-electron chi connectivity index (χ2n) is 3.91. The molecule has 7 nitrogen and oxygen atoms in total. The molecule has 2 aromatic heterocycles. The summed E-state index contributed by atoms with van der Waals surface area (Å²) in [4.78, 5) is 11.4. The molecule has 0 radical (unpaired) electrons. The Bertz CT molecular complexity index is 575. The number of anilines is 1.